The smallest absolute Gasteiger partial charge is 0.258 e. The van der Waals surface area contributed by atoms with Crippen molar-refractivity contribution < 1.29 is 4.92 Å². The lowest BCUT2D eigenvalue weighted by atomic mass is 10.2. The molecule has 0 bridgehead atoms. The van der Waals surface area contributed by atoms with Gasteiger partial charge in [-0.3, -0.25) is 15.5 Å². The van der Waals surface area contributed by atoms with Crippen molar-refractivity contribution >= 4 is 28.4 Å². The highest BCUT2D eigenvalue weighted by molar-refractivity contribution is 7.13. The molecule has 1 heterocycles. The number of thiazole rings is 1. The Kier molecular flexibility index (Phi) is 3.63. The largest absolute Gasteiger partial charge is 0.278 e. The zero-order valence-corrected chi connectivity index (χ0v) is 10.3. The summed E-state index contributed by atoms with van der Waals surface area (Å²) in [5.74, 6) is 0. The normalized spacial score (nSPS) is 10.7. The second-order valence-electron chi connectivity index (χ2n) is 3.48. The van der Waals surface area contributed by atoms with E-state index in [0.29, 0.717) is 10.7 Å². The monoisotopic (exact) mass is 262 g/mol. The highest BCUT2D eigenvalue weighted by Gasteiger charge is 2.09. The molecule has 0 atom stereocenters. The van der Waals surface area contributed by atoms with E-state index in [1.165, 1.54) is 23.6 Å². The van der Waals surface area contributed by atoms with Crippen LogP contribution in [0, 0.1) is 17.0 Å². The molecule has 1 aromatic carbocycles. The van der Waals surface area contributed by atoms with E-state index in [4.69, 9.17) is 0 Å². The van der Waals surface area contributed by atoms with Crippen LogP contribution in [0.4, 0.5) is 10.8 Å². The van der Waals surface area contributed by atoms with Gasteiger partial charge in [-0.25, -0.2) is 4.98 Å². The van der Waals surface area contributed by atoms with Crippen molar-refractivity contribution in [3.05, 3.63) is 51.0 Å². The molecule has 0 spiro atoms. The van der Waals surface area contributed by atoms with Gasteiger partial charge in [-0.1, -0.05) is 12.1 Å². The molecule has 0 saturated carbocycles. The average molecular weight is 262 g/mol. The van der Waals surface area contributed by atoms with Crippen LogP contribution in [0.25, 0.3) is 0 Å². The van der Waals surface area contributed by atoms with Gasteiger partial charge in [-0.05, 0) is 13.0 Å². The molecule has 18 heavy (non-hydrogen) atoms. The van der Waals surface area contributed by atoms with Crippen LogP contribution in [0.5, 0.6) is 0 Å². The predicted octanol–water partition coefficient (Wildman–Crippen LogP) is 2.81. The number of benzene rings is 1. The van der Waals surface area contributed by atoms with Gasteiger partial charge < -0.3 is 0 Å². The SMILES string of the molecule is Cc1csc(N/N=C\c2ccccc2[N+](=O)[O-])n1. The third kappa shape index (κ3) is 2.89. The summed E-state index contributed by atoms with van der Waals surface area (Å²) in [6, 6.07) is 6.42. The lowest BCUT2D eigenvalue weighted by Crippen LogP contribution is -1.95. The van der Waals surface area contributed by atoms with Crippen molar-refractivity contribution in [1.29, 1.82) is 0 Å². The van der Waals surface area contributed by atoms with Crippen LogP contribution >= 0.6 is 11.3 Å². The first-order chi connectivity index (χ1) is 8.66. The Morgan fingerprint density at radius 2 is 2.28 bits per heavy atom. The van der Waals surface area contributed by atoms with Gasteiger partial charge in [0.05, 0.1) is 22.4 Å². The Hall–Kier alpha value is -2.28. The van der Waals surface area contributed by atoms with Crippen LogP contribution in [-0.4, -0.2) is 16.1 Å². The highest BCUT2D eigenvalue weighted by Crippen LogP contribution is 2.16. The summed E-state index contributed by atoms with van der Waals surface area (Å²) >= 11 is 1.43. The lowest BCUT2D eigenvalue weighted by molar-refractivity contribution is -0.385. The number of hydrogen-bond acceptors (Lipinski definition) is 6. The predicted molar refractivity (Wildman–Crippen MR) is 71.2 cm³/mol. The van der Waals surface area contributed by atoms with Crippen LogP contribution in [0.2, 0.25) is 0 Å². The average Bonchev–Trinajstić information content (AvgIpc) is 2.75. The van der Waals surface area contributed by atoms with Gasteiger partial charge in [0.1, 0.15) is 0 Å². The molecule has 1 N–H and O–H groups in total. The number of nitro groups is 1. The molecule has 2 rings (SSSR count). The van der Waals surface area contributed by atoms with E-state index in [1.54, 1.807) is 18.2 Å². The number of nitro benzene ring substituents is 1. The first kappa shape index (κ1) is 12.2. The van der Waals surface area contributed by atoms with Crippen LogP contribution in [0.15, 0.2) is 34.7 Å². The third-order valence-electron chi connectivity index (χ3n) is 2.12. The van der Waals surface area contributed by atoms with E-state index in [-0.39, 0.29) is 5.69 Å². The molecule has 0 aliphatic rings. The van der Waals surface area contributed by atoms with Crippen LogP contribution in [-0.2, 0) is 0 Å². The van der Waals surface area contributed by atoms with Gasteiger partial charge in [0.2, 0.25) is 5.13 Å². The molecule has 0 saturated heterocycles. The fourth-order valence-electron chi connectivity index (χ4n) is 1.33. The number of para-hydroxylation sites is 1. The number of anilines is 1. The number of hydrazone groups is 1. The van der Waals surface area contributed by atoms with Gasteiger partial charge in [0, 0.05) is 11.4 Å². The fourth-order valence-corrected chi connectivity index (χ4v) is 1.96. The summed E-state index contributed by atoms with van der Waals surface area (Å²) in [4.78, 5) is 14.5. The highest BCUT2D eigenvalue weighted by atomic mass is 32.1. The van der Waals surface area contributed by atoms with E-state index in [0.717, 1.165) is 5.69 Å². The van der Waals surface area contributed by atoms with Crippen LogP contribution in [0.3, 0.4) is 0 Å². The minimum absolute atomic E-state index is 0.0263. The molecule has 1 aromatic heterocycles. The molecule has 2 aromatic rings. The molecule has 6 nitrogen and oxygen atoms in total. The van der Waals surface area contributed by atoms with Crippen molar-refractivity contribution in [1.82, 2.24) is 4.98 Å². The number of rotatable bonds is 4. The molecular formula is C11H10N4O2S. The molecule has 0 amide bonds. The number of nitrogens with zero attached hydrogens (tertiary/aromatic N) is 3. The topological polar surface area (TPSA) is 80.4 Å². The maximum absolute atomic E-state index is 10.8. The van der Waals surface area contributed by atoms with Crippen LogP contribution in [0.1, 0.15) is 11.3 Å². The Morgan fingerprint density at radius 1 is 1.50 bits per heavy atom. The number of aromatic nitrogens is 1. The van der Waals surface area contributed by atoms with Crippen molar-refractivity contribution in [2.24, 2.45) is 5.10 Å². The number of aryl methyl sites for hydroxylation is 1. The van der Waals surface area contributed by atoms with Crippen LogP contribution < -0.4 is 5.43 Å². The second-order valence-corrected chi connectivity index (χ2v) is 4.34. The standard InChI is InChI=1S/C11H10N4O2S/c1-8-7-18-11(13-8)14-12-6-9-4-2-3-5-10(9)15(16)17/h2-7H,1H3,(H,13,14)/b12-6-. The Morgan fingerprint density at radius 3 is 2.94 bits per heavy atom. The molecule has 0 fully saturated rings. The molecular weight excluding hydrogens is 252 g/mol. The van der Waals surface area contributed by atoms with Crippen molar-refractivity contribution in [3.63, 3.8) is 0 Å². The minimum Gasteiger partial charge on any atom is -0.258 e. The van der Waals surface area contributed by atoms with Crippen molar-refractivity contribution in [2.45, 2.75) is 6.92 Å². The number of hydrogen-bond donors (Lipinski definition) is 1. The molecule has 0 aliphatic heterocycles. The lowest BCUT2D eigenvalue weighted by Gasteiger charge is -1.96. The zero-order valence-electron chi connectivity index (χ0n) is 9.53. The van der Waals surface area contributed by atoms with Gasteiger partial charge in [0.15, 0.2) is 0 Å². The first-order valence-corrected chi connectivity index (χ1v) is 5.99. The Bertz CT molecular complexity index is 594. The minimum atomic E-state index is -0.436. The Labute approximate surface area is 107 Å². The van der Waals surface area contributed by atoms with E-state index >= 15 is 0 Å². The summed E-state index contributed by atoms with van der Waals surface area (Å²) in [5, 5.41) is 17.3. The van der Waals surface area contributed by atoms with Crippen molar-refractivity contribution in [3.8, 4) is 0 Å². The summed E-state index contributed by atoms with van der Waals surface area (Å²) in [5.41, 5.74) is 4.11. The summed E-state index contributed by atoms with van der Waals surface area (Å²) in [7, 11) is 0. The van der Waals surface area contributed by atoms with Gasteiger partial charge in [0.25, 0.3) is 5.69 Å². The Balaban J connectivity index is 2.11. The van der Waals surface area contributed by atoms with E-state index in [2.05, 4.69) is 15.5 Å². The molecule has 0 aliphatic carbocycles. The second kappa shape index (κ2) is 5.37. The molecule has 0 radical (unpaired) electrons. The molecule has 0 unspecified atom stereocenters. The number of nitrogens with one attached hydrogen (secondary N) is 1. The fraction of sp³-hybridized carbons (Fsp3) is 0.0909. The summed E-state index contributed by atoms with van der Waals surface area (Å²) < 4.78 is 0. The quantitative estimate of drug-likeness (QED) is 0.522. The summed E-state index contributed by atoms with van der Waals surface area (Å²) in [6.07, 6.45) is 1.41. The van der Waals surface area contributed by atoms with Gasteiger partial charge >= 0.3 is 0 Å². The zero-order chi connectivity index (χ0) is 13.0. The van der Waals surface area contributed by atoms with Gasteiger partial charge in [-0.2, -0.15) is 5.10 Å². The summed E-state index contributed by atoms with van der Waals surface area (Å²) in [6.45, 7) is 1.88. The first-order valence-electron chi connectivity index (χ1n) is 5.11. The van der Waals surface area contributed by atoms with E-state index in [9.17, 15) is 10.1 Å². The maximum atomic E-state index is 10.8. The molecule has 7 heteroatoms. The van der Waals surface area contributed by atoms with Crippen molar-refractivity contribution in [2.75, 3.05) is 5.43 Å². The maximum Gasteiger partial charge on any atom is 0.278 e. The molecule has 92 valence electrons. The van der Waals surface area contributed by atoms with E-state index < -0.39 is 4.92 Å². The van der Waals surface area contributed by atoms with E-state index in [1.807, 2.05) is 12.3 Å². The van der Waals surface area contributed by atoms with Gasteiger partial charge in [-0.15, -0.1) is 11.3 Å². The third-order valence-corrected chi connectivity index (χ3v) is 2.98.